The minimum atomic E-state index is -3.91. The Labute approximate surface area is 102 Å². The largest absolute Gasteiger partial charge is 0.420 e. The van der Waals surface area contributed by atoms with Crippen molar-refractivity contribution in [3.63, 3.8) is 0 Å². The zero-order valence-electron chi connectivity index (χ0n) is 7.63. The van der Waals surface area contributed by atoms with E-state index in [2.05, 4.69) is 32.7 Å². The Hall–Kier alpha value is -0.0400. The van der Waals surface area contributed by atoms with Gasteiger partial charge in [0.15, 0.2) is 11.5 Å². The van der Waals surface area contributed by atoms with Crippen molar-refractivity contribution in [2.45, 2.75) is 0 Å². The van der Waals surface area contributed by atoms with Crippen molar-refractivity contribution in [2.75, 3.05) is 0 Å². The lowest BCUT2D eigenvalue weighted by Crippen LogP contribution is -1.95. The highest BCUT2D eigenvalue weighted by Gasteiger charge is 2.18. The molecule has 0 aliphatic rings. The normalized spacial score (nSPS) is 12.2. The number of hydrogen-bond acceptors (Lipinski definition) is 4. The Morgan fingerprint density at radius 1 is 0.812 bits per heavy atom. The second kappa shape index (κ2) is 5.08. The van der Waals surface area contributed by atoms with Crippen molar-refractivity contribution in [3.8, 4) is 11.5 Å². The van der Waals surface area contributed by atoms with Gasteiger partial charge in [0, 0.05) is 23.6 Å². The fourth-order valence-corrected chi connectivity index (χ4v) is 2.15. The van der Waals surface area contributed by atoms with Crippen molar-refractivity contribution < 1.29 is 28.6 Å². The highest BCUT2D eigenvalue weighted by atomic mass is 32.5. The van der Waals surface area contributed by atoms with Gasteiger partial charge in [0.25, 0.3) is 0 Å². The molecule has 16 heavy (non-hydrogen) atoms. The van der Waals surface area contributed by atoms with Crippen LogP contribution in [0, 0.1) is 0 Å². The third-order valence-electron chi connectivity index (χ3n) is 1.28. The summed E-state index contributed by atoms with van der Waals surface area (Å²) in [6.45, 7) is -7.82. The summed E-state index contributed by atoms with van der Waals surface area (Å²) < 4.78 is 9.28. The van der Waals surface area contributed by atoms with Gasteiger partial charge >= 0.3 is 13.4 Å². The predicted molar refractivity (Wildman–Crippen MR) is 65.1 cm³/mol. The monoisotopic (exact) mass is 302 g/mol. The molecule has 0 radical (unpaired) electrons. The molecular weight excluding hydrogens is 294 g/mol. The van der Waals surface area contributed by atoms with Crippen molar-refractivity contribution >= 4 is 37.1 Å². The highest BCUT2D eigenvalue weighted by Crippen LogP contribution is 2.46. The summed E-state index contributed by atoms with van der Waals surface area (Å²) in [5.41, 5.74) is 0. The molecule has 0 amide bonds. The van der Waals surface area contributed by atoms with E-state index in [1.165, 1.54) is 24.3 Å². The molecule has 0 atom stereocenters. The molecule has 0 aliphatic carbocycles. The molecule has 0 bridgehead atoms. The average Bonchev–Trinajstić information content (AvgIpc) is 2.03. The van der Waals surface area contributed by atoms with E-state index in [0.29, 0.717) is 0 Å². The molecule has 1 aromatic carbocycles. The first kappa shape index (κ1) is 14.0. The Morgan fingerprint density at radius 3 is 1.38 bits per heavy atom. The number of benzene rings is 1. The molecule has 0 saturated heterocycles. The fourth-order valence-electron chi connectivity index (χ4n) is 0.857. The Kier molecular flexibility index (Phi) is 4.45. The predicted octanol–water partition coefficient (Wildman–Crippen LogP) is 0.862. The summed E-state index contributed by atoms with van der Waals surface area (Å²) in [6, 6.07) is 5.69. The Bertz CT molecular complexity index is 423. The van der Waals surface area contributed by atoms with Crippen molar-refractivity contribution in [1.82, 2.24) is 0 Å². The van der Waals surface area contributed by atoms with E-state index in [0.717, 1.165) is 0 Å². The number of hydrogen-bond donors (Lipinski definition) is 4. The lowest BCUT2D eigenvalue weighted by atomic mass is 10.3. The van der Waals surface area contributed by atoms with Crippen molar-refractivity contribution in [1.29, 1.82) is 0 Å². The van der Waals surface area contributed by atoms with Gasteiger partial charge in [0.2, 0.25) is 0 Å². The van der Waals surface area contributed by atoms with E-state index in [-0.39, 0.29) is 11.5 Å². The minimum absolute atomic E-state index is 0.117. The number of para-hydroxylation sites is 2. The highest BCUT2D eigenvalue weighted by molar-refractivity contribution is 8.07. The van der Waals surface area contributed by atoms with Crippen LogP contribution < -0.4 is 9.05 Å². The second-order valence-electron chi connectivity index (χ2n) is 2.61. The molecule has 1 aromatic rings. The summed E-state index contributed by atoms with van der Waals surface area (Å²) in [5.74, 6) is -0.235. The Balaban J connectivity index is 3.01. The Morgan fingerprint density at radius 2 is 1.12 bits per heavy atom. The van der Waals surface area contributed by atoms with Gasteiger partial charge < -0.3 is 28.6 Å². The molecule has 0 saturated carbocycles. The zero-order chi connectivity index (χ0) is 12.4. The SMILES string of the molecule is OP(O)(=S)Oc1ccccc1OP(O)(O)=S. The third kappa shape index (κ3) is 5.34. The second-order valence-corrected chi connectivity index (χ2v) is 7.79. The molecule has 0 spiro atoms. The molecule has 1 rings (SSSR count). The van der Waals surface area contributed by atoms with Crippen LogP contribution in [0.5, 0.6) is 11.5 Å². The van der Waals surface area contributed by atoms with Gasteiger partial charge in [-0.2, -0.15) is 0 Å². The van der Waals surface area contributed by atoms with Gasteiger partial charge in [-0.15, -0.1) is 0 Å². The van der Waals surface area contributed by atoms with E-state index in [1.807, 2.05) is 0 Å². The average molecular weight is 302 g/mol. The first-order chi connectivity index (χ1) is 7.17. The topological polar surface area (TPSA) is 99.4 Å². The fraction of sp³-hybridized carbons (Fsp3) is 0. The van der Waals surface area contributed by atoms with Gasteiger partial charge in [-0.1, -0.05) is 12.1 Å². The van der Waals surface area contributed by atoms with Crippen LogP contribution in [-0.2, 0) is 23.6 Å². The van der Waals surface area contributed by atoms with Gasteiger partial charge in [-0.25, -0.2) is 0 Å². The van der Waals surface area contributed by atoms with E-state index in [9.17, 15) is 0 Å². The molecule has 90 valence electrons. The summed E-state index contributed by atoms with van der Waals surface area (Å²) >= 11 is 8.54. The van der Waals surface area contributed by atoms with Crippen LogP contribution in [0.15, 0.2) is 24.3 Å². The molecule has 10 heteroatoms. The van der Waals surface area contributed by atoms with Gasteiger partial charge in [0.1, 0.15) is 0 Å². The van der Waals surface area contributed by atoms with Crippen molar-refractivity contribution in [3.05, 3.63) is 24.3 Å². The van der Waals surface area contributed by atoms with Gasteiger partial charge in [-0.3, -0.25) is 0 Å². The number of rotatable bonds is 4. The van der Waals surface area contributed by atoms with Crippen LogP contribution in [-0.4, -0.2) is 19.6 Å². The molecule has 4 N–H and O–H groups in total. The lowest BCUT2D eigenvalue weighted by molar-refractivity contribution is 0.345. The molecule has 0 unspecified atom stereocenters. The summed E-state index contributed by atoms with van der Waals surface area (Å²) in [7, 11) is 0. The van der Waals surface area contributed by atoms with Crippen LogP contribution in [0.3, 0.4) is 0 Å². The van der Waals surface area contributed by atoms with Crippen LogP contribution in [0.1, 0.15) is 0 Å². The molecule has 0 aromatic heterocycles. The maximum atomic E-state index is 8.96. The molecule has 6 nitrogen and oxygen atoms in total. The minimum Gasteiger partial charge on any atom is -0.420 e. The van der Waals surface area contributed by atoms with Crippen LogP contribution in [0.4, 0.5) is 0 Å². The first-order valence-electron chi connectivity index (χ1n) is 3.77. The quantitative estimate of drug-likeness (QED) is 0.608. The van der Waals surface area contributed by atoms with Crippen LogP contribution in [0.25, 0.3) is 0 Å². The van der Waals surface area contributed by atoms with Crippen molar-refractivity contribution in [2.24, 2.45) is 0 Å². The van der Waals surface area contributed by atoms with E-state index >= 15 is 0 Å². The zero-order valence-corrected chi connectivity index (χ0v) is 11.0. The molecular formula is C6H8O6P2S2. The molecule has 0 fully saturated rings. The standard InChI is InChI=1S/C6H8O6P2S2/c7-13(8,15)11-5-3-1-2-4-6(5)12-14(9,10)16/h1-4H,(H2,7,8,15)(H2,9,10,16). The summed E-state index contributed by atoms with van der Waals surface area (Å²) in [4.78, 5) is 35.8. The van der Waals surface area contributed by atoms with Gasteiger partial charge in [-0.05, 0) is 12.1 Å². The maximum absolute atomic E-state index is 8.96. The molecule has 0 aliphatic heterocycles. The van der Waals surface area contributed by atoms with E-state index in [4.69, 9.17) is 19.6 Å². The lowest BCUT2D eigenvalue weighted by Gasteiger charge is -2.15. The maximum Gasteiger partial charge on any atom is 0.375 e. The van der Waals surface area contributed by atoms with Gasteiger partial charge in [0.05, 0.1) is 0 Å². The van der Waals surface area contributed by atoms with Crippen LogP contribution >= 0.6 is 13.4 Å². The summed E-state index contributed by atoms with van der Waals surface area (Å²) in [6.07, 6.45) is 0. The smallest absolute Gasteiger partial charge is 0.375 e. The van der Waals surface area contributed by atoms with E-state index in [1.54, 1.807) is 0 Å². The van der Waals surface area contributed by atoms with Crippen LogP contribution in [0.2, 0.25) is 0 Å². The van der Waals surface area contributed by atoms with E-state index < -0.39 is 13.4 Å². The summed E-state index contributed by atoms with van der Waals surface area (Å²) in [5, 5.41) is 0. The molecule has 0 heterocycles. The first-order valence-corrected chi connectivity index (χ1v) is 9.02. The third-order valence-corrected chi connectivity index (χ3v) is 2.60.